The van der Waals surface area contributed by atoms with Gasteiger partial charge in [-0.2, -0.15) is 0 Å². The average molecular weight is 254 g/mol. The predicted octanol–water partition coefficient (Wildman–Crippen LogP) is 3.62. The third-order valence-corrected chi connectivity index (χ3v) is 3.00. The van der Waals surface area contributed by atoms with Gasteiger partial charge in [-0.1, -0.05) is 23.7 Å². The summed E-state index contributed by atoms with van der Waals surface area (Å²) < 4.78 is 19.0. The van der Waals surface area contributed by atoms with Crippen molar-refractivity contribution < 1.29 is 8.81 Å². The minimum absolute atomic E-state index is 0.117. The molecule has 0 aliphatic carbocycles. The second-order valence-electron chi connectivity index (χ2n) is 3.99. The van der Waals surface area contributed by atoms with E-state index in [4.69, 9.17) is 21.8 Å². The summed E-state index contributed by atoms with van der Waals surface area (Å²) in [6, 6.07) is 6.38. The lowest BCUT2D eigenvalue weighted by Gasteiger charge is -2.11. The molecule has 0 amide bonds. The van der Waals surface area contributed by atoms with Crippen LogP contribution in [-0.4, -0.2) is 0 Å². The molecule has 4 heteroatoms. The fraction of sp³-hybridized carbons (Fsp3) is 0.231. The lowest BCUT2D eigenvalue weighted by Crippen LogP contribution is -2.14. The van der Waals surface area contributed by atoms with Gasteiger partial charge in [-0.15, -0.1) is 0 Å². The van der Waals surface area contributed by atoms with Crippen LogP contribution in [0.25, 0.3) is 0 Å². The summed E-state index contributed by atoms with van der Waals surface area (Å²) in [5, 5.41) is 0.117. The van der Waals surface area contributed by atoms with Crippen molar-refractivity contribution in [2.45, 2.75) is 19.4 Å². The van der Waals surface area contributed by atoms with E-state index in [0.29, 0.717) is 17.7 Å². The number of hydrogen-bond donors (Lipinski definition) is 1. The van der Waals surface area contributed by atoms with Gasteiger partial charge in [-0.05, 0) is 36.6 Å². The minimum atomic E-state index is -0.408. The SMILES string of the molecule is Cc1ccoc1C(N)Cc1cccc(Cl)c1F. The normalized spacial score (nSPS) is 12.7. The molecule has 1 aromatic carbocycles. The molecule has 0 aliphatic heterocycles. The Balaban J connectivity index is 2.22. The second kappa shape index (κ2) is 4.90. The monoisotopic (exact) mass is 253 g/mol. The molecule has 2 nitrogen and oxygen atoms in total. The maximum Gasteiger partial charge on any atom is 0.145 e. The maximum atomic E-state index is 13.7. The summed E-state index contributed by atoms with van der Waals surface area (Å²) >= 11 is 5.71. The topological polar surface area (TPSA) is 39.2 Å². The molecule has 1 atom stereocenters. The van der Waals surface area contributed by atoms with Gasteiger partial charge >= 0.3 is 0 Å². The first-order valence-electron chi connectivity index (χ1n) is 5.32. The van der Waals surface area contributed by atoms with E-state index in [0.717, 1.165) is 5.56 Å². The first-order valence-corrected chi connectivity index (χ1v) is 5.70. The van der Waals surface area contributed by atoms with Crippen LogP contribution in [0, 0.1) is 12.7 Å². The predicted molar refractivity (Wildman–Crippen MR) is 65.5 cm³/mol. The lowest BCUT2D eigenvalue weighted by atomic mass is 10.0. The zero-order chi connectivity index (χ0) is 12.4. The summed E-state index contributed by atoms with van der Waals surface area (Å²) in [5.41, 5.74) is 7.46. The van der Waals surface area contributed by atoms with Crippen LogP contribution < -0.4 is 5.73 Å². The zero-order valence-electron chi connectivity index (χ0n) is 9.41. The Labute approximate surface area is 104 Å². The van der Waals surface area contributed by atoms with Crippen LogP contribution in [-0.2, 0) is 6.42 Å². The first-order chi connectivity index (χ1) is 8.09. The molecule has 0 radical (unpaired) electrons. The lowest BCUT2D eigenvalue weighted by molar-refractivity contribution is 0.457. The van der Waals surface area contributed by atoms with Crippen molar-refractivity contribution in [3.8, 4) is 0 Å². The van der Waals surface area contributed by atoms with Gasteiger partial charge < -0.3 is 10.2 Å². The summed E-state index contributed by atoms with van der Waals surface area (Å²) in [5.74, 6) is 0.276. The number of aryl methyl sites for hydroxylation is 1. The molecule has 0 bridgehead atoms. The highest BCUT2D eigenvalue weighted by Gasteiger charge is 2.16. The largest absolute Gasteiger partial charge is 0.467 e. The van der Waals surface area contributed by atoms with E-state index in [9.17, 15) is 4.39 Å². The highest BCUT2D eigenvalue weighted by Crippen LogP contribution is 2.24. The smallest absolute Gasteiger partial charge is 0.145 e. The Morgan fingerprint density at radius 2 is 2.18 bits per heavy atom. The summed E-state index contributed by atoms with van der Waals surface area (Å²) in [7, 11) is 0. The van der Waals surface area contributed by atoms with E-state index in [2.05, 4.69) is 0 Å². The van der Waals surface area contributed by atoms with Gasteiger partial charge in [0.05, 0.1) is 17.3 Å². The highest BCUT2D eigenvalue weighted by atomic mass is 35.5. The molecule has 17 heavy (non-hydrogen) atoms. The Bertz CT molecular complexity index is 524. The van der Waals surface area contributed by atoms with Gasteiger partial charge in [0.2, 0.25) is 0 Å². The van der Waals surface area contributed by atoms with Crippen molar-refractivity contribution in [1.29, 1.82) is 0 Å². The maximum absolute atomic E-state index is 13.7. The van der Waals surface area contributed by atoms with Crippen LogP contribution in [0.4, 0.5) is 4.39 Å². The molecule has 2 N–H and O–H groups in total. The van der Waals surface area contributed by atoms with Gasteiger partial charge in [0, 0.05) is 0 Å². The Hall–Kier alpha value is -1.32. The number of benzene rings is 1. The van der Waals surface area contributed by atoms with Crippen molar-refractivity contribution in [1.82, 2.24) is 0 Å². The molecule has 0 saturated carbocycles. The molecular formula is C13H13ClFNO. The van der Waals surface area contributed by atoms with Gasteiger partial charge in [-0.25, -0.2) is 4.39 Å². The van der Waals surface area contributed by atoms with Crippen molar-refractivity contribution >= 4 is 11.6 Å². The van der Waals surface area contributed by atoms with Gasteiger partial charge in [0.15, 0.2) is 0 Å². The molecule has 0 aliphatic rings. The van der Waals surface area contributed by atoms with Crippen molar-refractivity contribution in [2.75, 3.05) is 0 Å². The van der Waals surface area contributed by atoms with E-state index in [1.165, 1.54) is 6.07 Å². The number of rotatable bonds is 3. The quantitative estimate of drug-likeness (QED) is 0.907. The third kappa shape index (κ3) is 2.51. The van der Waals surface area contributed by atoms with E-state index < -0.39 is 5.82 Å². The Morgan fingerprint density at radius 1 is 1.41 bits per heavy atom. The molecule has 0 saturated heterocycles. The summed E-state index contributed by atoms with van der Waals surface area (Å²) in [6.45, 7) is 1.91. The third-order valence-electron chi connectivity index (χ3n) is 2.71. The molecule has 1 heterocycles. The van der Waals surface area contributed by atoms with E-state index in [1.54, 1.807) is 18.4 Å². The number of halogens is 2. The second-order valence-corrected chi connectivity index (χ2v) is 4.40. The number of hydrogen-bond acceptors (Lipinski definition) is 2. The van der Waals surface area contributed by atoms with Crippen LogP contribution in [0.2, 0.25) is 5.02 Å². The molecule has 1 unspecified atom stereocenters. The molecule has 2 rings (SSSR count). The minimum Gasteiger partial charge on any atom is -0.467 e. The van der Waals surface area contributed by atoms with Crippen LogP contribution in [0.3, 0.4) is 0 Å². The van der Waals surface area contributed by atoms with Gasteiger partial charge in [0.25, 0.3) is 0 Å². The number of nitrogens with two attached hydrogens (primary N) is 1. The van der Waals surface area contributed by atoms with Crippen molar-refractivity contribution in [3.05, 3.63) is 58.3 Å². The molecular weight excluding hydrogens is 241 g/mol. The molecule has 1 aromatic heterocycles. The van der Waals surface area contributed by atoms with Crippen LogP contribution >= 0.6 is 11.6 Å². The summed E-state index contributed by atoms with van der Waals surface area (Å²) in [6.07, 6.45) is 1.94. The van der Waals surface area contributed by atoms with Crippen molar-refractivity contribution in [2.24, 2.45) is 5.73 Å². The van der Waals surface area contributed by atoms with Crippen LogP contribution in [0.5, 0.6) is 0 Å². The molecule has 0 fully saturated rings. The van der Waals surface area contributed by atoms with E-state index in [1.807, 2.05) is 13.0 Å². The Kier molecular flexibility index (Phi) is 3.50. The fourth-order valence-corrected chi connectivity index (χ4v) is 1.99. The Morgan fingerprint density at radius 3 is 2.82 bits per heavy atom. The molecule has 90 valence electrons. The van der Waals surface area contributed by atoms with Crippen LogP contribution in [0.1, 0.15) is 22.9 Å². The zero-order valence-corrected chi connectivity index (χ0v) is 10.2. The van der Waals surface area contributed by atoms with Crippen molar-refractivity contribution in [3.63, 3.8) is 0 Å². The first kappa shape index (κ1) is 12.1. The number of furan rings is 1. The van der Waals surface area contributed by atoms with Gasteiger partial charge in [0.1, 0.15) is 11.6 Å². The van der Waals surface area contributed by atoms with Crippen LogP contribution in [0.15, 0.2) is 34.9 Å². The average Bonchev–Trinajstić information content (AvgIpc) is 2.71. The van der Waals surface area contributed by atoms with Gasteiger partial charge in [-0.3, -0.25) is 0 Å². The highest BCUT2D eigenvalue weighted by molar-refractivity contribution is 6.30. The standard InChI is InChI=1S/C13H13ClFNO/c1-8-5-6-17-13(8)11(16)7-9-3-2-4-10(14)12(9)15/h2-6,11H,7,16H2,1H3. The fourth-order valence-electron chi connectivity index (χ4n) is 1.80. The molecule has 0 spiro atoms. The molecule has 2 aromatic rings. The summed E-state index contributed by atoms with van der Waals surface area (Å²) in [4.78, 5) is 0. The van der Waals surface area contributed by atoms with E-state index >= 15 is 0 Å². The van der Waals surface area contributed by atoms with E-state index in [-0.39, 0.29) is 11.1 Å².